The van der Waals surface area contributed by atoms with E-state index in [1.165, 1.54) is 19.2 Å². The molecule has 0 aliphatic heterocycles. The second-order valence-electron chi connectivity index (χ2n) is 6.99. The van der Waals surface area contributed by atoms with Gasteiger partial charge in [-0.3, -0.25) is 0 Å². The monoisotopic (exact) mass is 450 g/mol. The average molecular weight is 451 g/mol. The number of ether oxygens (including phenoxy) is 3. The largest absolute Gasteiger partial charge is 0.457 e. The molecule has 0 spiro atoms. The van der Waals surface area contributed by atoms with Crippen LogP contribution in [0.25, 0.3) is 0 Å². The Hall–Kier alpha value is -2.54. The van der Waals surface area contributed by atoms with Gasteiger partial charge in [0.25, 0.3) is 0 Å². The molecule has 0 aliphatic carbocycles. The van der Waals surface area contributed by atoms with E-state index < -0.39 is 18.7 Å². The zero-order valence-electron chi connectivity index (χ0n) is 16.9. The van der Waals surface area contributed by atoms with E-state index in [1.54, 1.807) is 60.7 Å². The molecule has 0 fully saturated rings. The SMILES string of the molecule is COCc1ccc(C(COCc2cccc(Oc3ccc(Cl)cc3)c2)C(F)(F)F)cc1. The molecule has 3 aromatic carbocycles. The number of halogens is 4. The Morgan fingerprint density at radius 2 is 1.55 bits per heavy atom. The fourth-order valence-electron chi connectivity index (χ4n) is 3.02. The minimum Gasteiger partial charge on any atom is -0.457 e. The first-order valence-corrected chi connectivity index (χ1v) is 9.97. The lowest BCUT2D eigenvalue weighted by atomic mass is 9.98. The molecule has 7 heteroatoms. The summed E-state index contributed by atoms with van der Waals surface area (Å²) in [5.41, 5.74) is 1.68. The van der Waals surface area contributed by atoms with Gasteiger partial charge in [0.1, 0.15) is 17.4 Å². The van der Waals surface area contributed by atoms with Crippen molar-refractivity contribution in [1.29, 1.82) is 0 Å². The molecule has 0 heterocycles. The number of hydrogen-bond acceptors (Lipinski definition) is 3. The van der Waals surface area contributed by atoms with Crippen molar-refractivity contribution in [1.82, 2.24) is 0 Å². The van der Waals surface area contributed by atoms with Gasteiger partial charge in [0.15, 0.2) is 0 Å². The van der Waals surface area contributed by atoms with E-state index in [-0.39, 0.29) is 12.2 Å². The standard InChI is InChI=1S/C24H22ClF3O3/c1-29-14-17-5-7-19(8-6-17)23(24(26,27)28)16-30-15-18-3-2-4-22(13-18)31-21-11-9-20(25)10-12-21/h2-13,23H,14-16H2,1H3. The molecular weight excluding hydrogens is 429 g/mol. The van der Waals surface area contributed by atoms with Gasteiger partial charge in [0.05, 0.1) is 19.8 Å². The first-order valence-electron chi connectivity index (χ1n) is 9.60. The van der Waals surface area contributed by atoms with Crippen LogP contribution in [0, 0.1) is 0 Å². The second kappa shape index (κ2) is 10.7. The molecular formula is C24H22ClF3O3. The molecule has 0 saturated heterocycles. The van der Waals surface area contributed by atoms with Gasteiger partial charge in [-0.25, -0.2) is 0 Å². The van der Waals surface area contributed by atoms with Crippen LogP contribution in [0.1, 0.15) is 22.6 Å². The lowest BCUT2D eigenvalue weighted by Crippen LogP contribution is -2.25. The highest BCUT2D eigenvalue weighted by Crippen LogP contribution is 2.35. The van der Waals surface area contributed by atoms with Gasteiger partial charge in [-0.2, -0.15) is 13.2 Å². The molecule has 0 aromatic heterocycles. The number of methoxy groups -OCH3 is 1. The van der Waals surface area contributed by atoms with Crippen molar-refractivity contribution in [2.24, 2.45) is 0 Å². The molecule has 0 saturated carbocycles. The minimum absolute atomic E-state index is 0.0339. The summed E-state index contributed by atoms with van der Waals surface area (Å²) in [4.78, 5) is 0. The third kappa shape index (κ3) is 6.99. The Morgan fingerprint density at radius 3 is 2.19 bits per heavy atom. The van der Waals surface area contributed by atoms with Crippen LogP contribution < -0.4 is 4.74 Å². The number of alkyl halides is 3. The average Bonchev–Trinajstić information content (AvgIpc) is 2.73. The number of rotatable bonds is 9. The zero-order chi connectivity index (χ0) is 22.3. The minimum atomic E-state index is -4.41. The highest BCUT2D eigenvalue weighted by molar-refractivity contribution is 6.30. The van der Waals surface area contributed by atoms with Gasteiger partial charge in [0, 0.05) is 12.1 Å². The van der Waals surface area contributed by atoms with Gasteiger partial charge in [0.2, 0.25) is 0 Å². The summed E-state index contributed by atoms with van der Waals surface area (Å²) in [5.74, 6) is -0.543. The van der Waals surface area contributed by atoms with E-state index in [0.717, 1.165) is 5.56 Å². The maximum Gasteiger partial charge on any atom is 0.397 e. The van der Waals surface area contributed by atoms with Gasteiger partial charge in [-0.1, -0.05) is 48.0 Å². The van der Waals surface area contributed by atoms with Crippen molar-refractivity contribution in [2.45, 2.75) is 25.3 Å². The molecule has 0 bridgehead atoms. The van der Waals surface area contributed by atoms with Crippen LogP contribution >= 0.6 is 11.6 Å². The molecule has 0 radical (unpaired) electrons. The molecule has 1 unspecified atom stereocenters. The Morgan fingerprint density at radius 1 is 0.839 bits per heavy atom. The molecule has 0 aliphatic rings. The third-order valence-electron chi connectivity index (χ3n) is 4.59. The molecule has 3 nitrogen and oxygen atoms in total. The van der Waals surface area contributed by atoms with E-state index >= 15 is 0 Å². The van der Waals surface area contributed by atoms with Crippen molar-refractivity contribution >= 4 is 11.6 Å². The lowest BCUT2D eigenvalue weighted by Gasteiger charge is -2.21. The zero-order valence-corrected chi connectivity index (χ0v) is 17.6. The maximum absolute atomic E-state index is 13.6. The predicted octanol–water partition coefficient (Wildman–Crippen LogP) is 7.14. The Kier molecular flexibility index (Phi) is 7.96. The summed E-state index contributed by atoms with van der Waals surface area (Å²) in [5, 5.41) is 0.599. The van der Waals surface area contributed by atoms with Crippen molar-refractivity contribution in [3.8, 4) is 11.5 Å². The Bertz CT molecular complexity index is 957. The normalized spacial score (nSPS) is 12.5. The topological polar surface area (TPSA) is 27.7 Å². The van der Waals surface area contributed by atoms with Crippen molar-refractivity contribution in [3.05, 3.63) is 94.5 Å². The van der Waals surface area contributed by atoms with Crippen molar-refractivity contribution < 1.29 is 27.4 Å². The third-order valence-corrected chi connectivity index (χ3v) is 4.84. The van der Waals surface area contributed by atoms with Crippen LogP contribution in [0.4, 0.5) is 13.2 Å². The van der Waals surface area contributed by atoms with Crippen molar-refractivity contribution in [3.63, 3.8) is 0 Å². The predicted molar refractivity (Wildman–Crippen MR) is 114 cm³/mol. The molecule has 3 rings (SSSR count). The lowest BCUT2D eigenvalue weighted by molar-refractivity contribution is -0.163. The van der Waals surface area contributed by atoms with Gasteiger partial charge in [-0.15, -0.1) is 0 Å². The second-order valence-corrected chi connectivity index (χ2v) is 7.42. The van der Waals surface area contributed by atoms with Crippen LogP contribution in [0.15, 0.2) is 72.8 Å². The van der Waals surface area contributed by atoms with Crippen molar-refractivity contribution in [2.75, 3.05) is 13.7 Å². The fraction of sp³-hybridized carbons (Fsp3) is 0.250. The van der Waals surface area contributed by atoms with Gasteiger partial charge in [-0.05, 0) is 53.1 Å². The molecule has 164 valence electrons. The van der Waals surface area contributed by atoms with E-state index in [2.05, 4.69) is 0 Å². The van der Waals surface area contributed by atoms with Crippen LogP contribution in [0.3, 0.4) is 0 Å². The van der Waals surface area contributed by atoms with Gasteiger partial charge < -0.3 is 14.2 Å². The molecule has 0 N–H and O–H groups in total. The molecule has 1 atom stereocenters. The summed E-state index contributed by atoms with van der Waals surface area (Å²) in [6.45, 7) is -0.0938. The molecule has 3 aromatic rings. The Labute approximate surface area is 184 Å². The summed E-state index contributed by atoms with van der Waals surface area (Å²) in [6.07, 6.45) is -4.41. The summed E-state index contributed by atoms with van der Waals surface area (Å²) in [6, 6.07) is 20.1. The van der Waals surface area contributed by atoms with E-state index in [0.29, 0.717) is 28.7 Å². The number of benzene rings is 3. The maximum atomic E-state index is 13.6. The summed E-state index contributed by atoms with van der Waals surface area (Å²) < 4.78 is 56.9. The number of hydrogen-bond donors (Lipinski definition) is 0. The van der Waals surface area contributed by atoms with E-state index in [9.17, 15) is 13.2 Å². The fourth-order valence-corrected chi connectivity index (χ4v) is 3.15. The first-order chi connectivity index (χ1) is 14.8. The van der Waals surface area contributed by atoms with Crippen LogP contribution in [-0.4, -0.2) is 19.9 Å². The van der Waals surface area contributed by atoms with Crippen LogP contribution in [-0.2, 0) is 22.7 Å². The molecule has 31 heavy (non-hydrogen) atoms. The quantitative estimate of drug-likeness (QED) is 0.346. The smallest absolute Gasteiger partial charge is 0.397 e. The summed E-state index contributed by atoms with van der Waals surface area (Å²) >= 11 is 5.86. The summed E-state index contributed by atoms with van der Waals surface area (Å²) in [7, 11) is 1.54. The van der Waals surface area contributed by atoms with E-state index in [1.807, 2.05) is 0 Å². The van der Waals surface area contributed by atoms with Gasteiger partial charge >= 0.3 is 6.18 Å². The van der Waals surface area contributed by atoms with Crippen LogP contribution in [0.2, 0.25) is 5.02 Å². The van der Waals surface area contributed by atoms with Crippen LogP contribution in [0.5, 0.6) is 11.5 Å². The molecule has 0 amide bonds. The van der Waals surface area contributed by atoms with E-state index in [4.69, 9.17) is 25.8 Å². The highest BCUT2D eigenvalue weighted by Gasteiger charge is 2.40. The highest BCUT2D eigenvalue weighted by atomic mass is 35.5. The first kappa shape index (κ1) is 23.1. The Balaban J connectivity index is 1.62.